The van der Waals surface area contributed by atoms with Crippen molar-refractivity contribution in [1.82, 2.24) is 20.2 Å². The maximum atomic E-state index is 4.68. The number of hydrogen-bond donors (Lipinski definition) is 2. The lowest BCUT2D eigenvalue weighted by atomic mass is 10.0. The highest BCUT2D eigenvalue weighted by Crippen LogP contribution is 2.18. The Morgan fingerprint density at radius 2 is 2.10 bits per heavy atom. The fourth-order valence-corrected chi connectivity index (χ4v) is 3.03. The summed E-state index contributed by atoms with van der Waals surface area (Å²) in [6.07, 6.45) is 2.47. The van der Waals surface area contributed by atoms with Gasteiger partial charge in [-0.25, -0.2) is 4.98 Å². The average Bonchev–Trinajstić information content (AvgIpc) is 2.92. The second kappa shape index (κ2) is 5.94. The minimum absolute atomic E-state index is 0.278. The molecule has 1 saturated heterocycles. The van der Waals surface area contributed by atoms with Gasteiger partial charge in [-0.05, 0) is 51.5 Å². The molecule has 2 heterocycles. The Kier molecular flexibility index (Phi) is 4.03. The van der Waals surface area contributed by atoms with E-state index >= 15 is 0 Å². The Bertz CT molecular complexity index is 521. The van der Waals surface area contributed by atoms with Crippen LogP contribution in [0.1, 0.15) is 38.6 Å². The van der Waals surface area contributed by atoms with Crippen LogP contribution >= 0.6 is 0 Å². The number of aromatic amines is 1. The van der Waals surface area contributed by atoms with Crippen molar-refractivity contribution in [2.75, 3.05) is 19.6 Å². The van der Waals surface area contributed by atoms with E-state index in [2.05, 4.69) is 46.2 Å². The number of nitrogens with one attached hydrogen (secondary N) is 2. The molecule has 1 aliphatic rings. The largest absolute Gasteiger partial charge is 0.341 e. The van der Waals surface area contributed by atoms with Crippen LogP contribution in [-0.4, -0.2) is 40.5 Å². The van der Waals surface area contributed by atoms with Crippen molar-refractivity contribution in [3.05, 3.63) is 30.1 Å². The lowest BCUT2D eigenvalue weighted by Crippen LogP contribution is -2.43. The van der Waals surface area contributed by atoms with Crippen LogP contribution in [0.15, 0.2) is 24.3 Å². The van der Waals surface area contributed by atoms with Gasteiger partial charge in [0.1, 0.15) is 5.82 Å². The zero-order chi connectivity index (χ0) is 13.9. The molecule has 4 nitrogen and oxygen atoms in total. The molecule has 1 fully saturated rings. The fourth-order valence-electron chi connectivity index (χ4n) is 3.03. The van der Waals surface area contributed by atoms with E-state index in [1.807, 2.05) is 12.1 Å². The number of benzene rings is 1. The zero-order valence-corrected chi connectivity index (χ0v) is 12.4. The highest BCUT2D eigenvalue weighted by Gasteiger charge is 2.21. The number of likely N-dealkylation sites (tertiary alicyclic amines) is 1. The summed E-state index contributed by atoms with van der Waals surface area (Å²) >= 11 is 0. The molecule has 0 aliphatic carbocycles. The molecule has 1 aromatic heterocycles. The molecule has 0 saturated carbocycles. The van der Waals surface area contributed by atoms with Gasteiger partial charge in [0, 0.05) is 6.04 Å². The first kappa shape index (κ1) is 13.6. The monoisotopic (exact) mass is 272 g/mol. The molecule has 0 amide bonds. The SMILES string of the molecule is CCN1CCC(NC(C)c2nc3ccccc3[nH]2)CC1. The fraction of sp³-hybridized carbons (Fsp3) is 0.562. The van der Waals surface area contributed by atoms with Crippen LogP contribution in [0.4, 0.5) is 0 Å². The Labute approximate surface area is 120 Å². The predicted octanol–water partition coefficient (Wildman–Crippen LogP) is 2.70. The molecular weight excluding hydrogens is 248 g/mol. The van der Waals surface area contributed by atoms with Crippen LogP contribution < -0.4 is 5.32 Å². The maximum absolute atomic E-state index is 4.68. The van der Waals surface area contributed by atoms with Crippen molar-refractivity contribution in [2.45, 2.75) is 38.8 Å². The van der Waals surface area contributed by atoms with Gasteiger partial charge in [0.15, 0.2) is 0 Å². The molecule has 1 unspecified atom stereocenters. The summed E-state index contributed by atoms with van der Waals surface area (Å²) in [7, 11) is 0. The molecule has 0 bridgehead atoms. The molecule has 3 rings (SSSR count). The minimum Gasteiger partial charge on any atom is -0.341 e. The quantitative estimate of drug-likeness (QED) is 0.899. The van der Waals surface area contributed by atoms with Gasteiger partial charge in [0.05, 0.1) is 17.1 Å². The third kappa shape index (κ3) is 2.86. The summed E-state index contributed by atoms with van der Waals surface area (Å²) in [4.78, 5) is 10.6. The Morgan fingerprint density at radius 1 is 1.35 bits per heavy atom. The Morgan fingerprint density at radius 3 is 2.80 bits per heavy atom. The molecule has 4 heteroatoms. The first-order chi connectivity index (χ1) is 9.76. The average molecular weight is 272 g/mol. The second-order valence-corrected chi connectivity index (χ2v) is 5.74. The molecule has 1 aromatic carbocycles. The normalized spacial score (nSPS) is 19.5. The third-order valence-electron chi connectivity index (χ3n) is 4.34. The standard InChI is InChI=1S/C16H24N4/c1-3-20-10-8-13(9-11-20)17-12(2)16-18-14-6-4-5-7-15(14)19-16/h4-7,12-13,17H,3,8-11H2,1-2H3,(H,18,19). The van der Waals surface area contributed by atoms with Crippen LogP contribution in [0.25, 0.3) is 11.0 Å². The number of imidazole rings is 1. The highest BCUT2D eigenvalue weighted by molar-refractivity contribution is 5.74. The van der Waals surface area contributed by atoms with Crippen molar-refractivity contribution in [1.29, 1.82) is 0 Å². The van der Waals surface area contributed by atoms with Gasteiger partial charge in [-0.1, -0.05) is 19.1 Å². The van der Waals surface area contributed by atoms with Crippen molar-refractivity contribution < 1.29 is 0 Å². The lowest BCUT2D eigenvalue weighted by Gasteiger charge is -2.32. The van der Waals surface area contributed by atoms with Crippen LogP contribution in [0.5, 0.6) is 0 Å². The van der Waals surface area contributed by atoms with Crippen molar-refractivity contribution in [3.63, 3.8) is 0 Å². The van der Waals surface area contributed by atoms with Crippen LogP contribution in [0.3, 0.4) is 0 Å². The second-order valence-electron chi connectivity index (χ2n) is 5.74. The summed E-state index contributed by atoms with van der Waals surface area (Å²) in [5, 5.41) is 3.72. The first-order valence-electron chi connectivity index (χ1n) is 7.69. The molecule has 1 aliphatic heterocycles. The molecular formula is C16H24N4. The number of rotatable bonds is 4. The van der Waals surface area contributed by atoms with Gasteiger partial charge < -0.3 is 15.2 Å². The minimum atomic E-state index is 0.278. The number of piperidine rings is 1. The van der Waals surface area contributed by atoms with E-state index in [9.17, 15) is 0 Å². The first-order valence-corrected chi connectivity index (χ1v) is 7.69. The summed E-state index contributed by atoms with van der Waals surface area (Å²) in [6, 6.07) is 9.11. The number of aromatic nitrogens is 2. The molecule has 108 valence electrons. The van der Waals surface area contributed by atoms with Crippen molar-refractivity contribution in [3.8, 4) is 0 Å². The number of H-pyrrole nitrogens is 1. The summed E-state index contributed by atoms with van der Waals surface area (Å²) < 4.78 is 0. The van der Waals surface area contributed by atoms with E-state index in [1.165, 1.54) is 32.5 Å². The van der Waals surface area contributed by atoms with E-state index in [0.29, 0.717) is 6.04 Å². The van der Waals surface area contributed by atoms with Gasteiger partial charge in [-0.3, -0.25) is 0 Å². The topological polar surface area (TPSA) is 44.0 Å². The zero-order valence-electron chi connectivity index (χ0n) is 12.4. The van der Waals surface area contributed by atoms with Gasteiger partial charge in [0.25, 0.3) is 0 Å². The maximum Gasteiger partial charge on any atom is 0.124 e. The molecule has 0 radical (unpaired) electrons. The van der Waals surface area contributed by atoms with Gasteiger partial charge in [-0.2, -0.15) is 0 Å². The summed E-state index contributed by atoms with van der Waals surface area (Å²) in [5.41, 5.74) is 2.17. The van der Waals surface area contributed by atoms with E-state index in [0.717, 1.165) is 16.9 Å². The van der Waals surface area contributed by atoms with Crippen LogP contribution in [-0.2, 0) is 0 Å². The van der Waals surface area contributed by atoms with Crippen LogP contribution in [0.2, 0.25) is 0 Å². The van der Waals surface area contributed by atoms with E-state index < -0.39 is 0 Å². The Hall–Kier alpha value is -1.39. The number of para-hydroxylation sites is 2. The number of hydrogen-bond acceptors (Lipinski definition) is 3. The Balaban J connectivity index is 1.63. The van der Waals surface area contributed by atoms with E-state index in [-0.39, 0.29) is 6.04 Å². The number of nitrogens with zero attached hydrogens (tertiary/aromatic N) is 2. The van der Waals surface area contributed by atoms with Crippen molar-refractivity contribution in [2.24, 2.45) is 0 Å². The summed E-state index contributed by atoms with van der Waals surface area (Å²) in [6.45, 7) is 8.03. The van der Waals surface area contributed by atoms with Crippen molar-refractivity contribution >= 4 is 11.0 Å². The number of fused-ring (bicyclic) bond motifs is 1. The lowest BCUT2D eigenvalue weighted by molar-refractivity contribution is 0.199. The molecule has 1 atom stereocenters. The third-order valence-corrected chi connectivity index (χ3v) is 4.34. The van der Waals surface area contributed by atoms with Gasteiger partial charge >= 0.3 is 0 Å². The smallest absolute Gasteiger partial charge is 0.124 e. The predicted molar refractivity (Wildman–Crippen MR) is 82.8 cm³/mol. The molecule has 0 spiro atoms. The molecule has 2 N–H and O–H groups in total. The van der Waals surface area contributed by atoms with Crippen LogP contribution in [0, 0.1) is 0 Å². The highest BCUT2D eigenvalue weighted by atomic mass is 15.1. The van der Waals surface area contributed by atoms with E-state index in [1.54, 1.807) is 0 Å². The molecule has 20 heavy (non-hydrogen) atoms. The van der Waals surface area contributed by atoms with Gasteiger partial charge in [-0.15, -0.1) is 0 Å². The molecule has 2 aromatic rings. The van der Waals surface area contributed by atoms with E-state index in [4.69, 9.17) is 0 Å². The summed E-state index contributed by atoms with van der Waals surface area (Å²) in [5.74, 6) is 1.05. The van der Waals surface area contributed by atoms with Gasteiger partial charge in [0.2, 0.25) is 0 Å².